The van der Waals surface area contributed by atoms with Crippen LogP contribution in [0.4, 0.5) is 0 Å². The molecule has 1 aromatic rings. The zero-order chi connectivity index (χ0) is 12.0. The second-order valence-corrected chi connectivity index (χ2v) is 3.70. The first-order valence-electron chi connectivity index (χ1n) is 5.38. The number of benzene rings is 1. The lowest BCUT2D eigenvalue weighted by molar-refractivity contribution is -0.119. The minimum atomic E-state index is -0.220. The van der Waals surface area contributed by atoms with E-state index in [1.165, 1.54) is 5.56 Å². The van der Waals surface area contributed by atoms with E-state index >= 15 is 0 Å². The van der Waals surface area contributed by atoms with Gasteiger partial charge < -0.3 is 10.2 Å². The first kappa shape index (κ1) is 12.3. The molecule has 0 aliphatic carbocycles. The summed E-state index contributed by atoms with van der Waals surface area (Å²) in [6.45, 7) is 10.5. The molecule has 1 rings (SSSR count). The van der Waals surface area contributed by atoms with Crippen LogP contribution in [0.5, 0.6) is 0 Å². The van der Waals surface area contributed by atoms with E-state index in [0.717, 1.165) is 12.0 Å². The lowest BCUT2D eigenvalue weighted by Gasteiger charge is -2.12. The van der Waals surface area contributed by atoms with E-state index in [1.54, 1.807) is 0 Å². The van der Waals surface area contributed by atoms with Gasteiger partial charge in [0.25, 0.3) is 6.54 Å². The normalized spacial score (nSPS) is 11.6. The third-order valence-electron chi connectivity index (χ3n) is 2.49. The van der Waals surface area contributed by atoms with Gasteiger partial charge in [-0.2, -0.15) is 0 Å². The SMILES string of the molecule is [C-]#[N+]CC(=O)NC(C)c1ccc(CC)cc1. The topological polar surface area (TPSA) is 33.5 Å². The molecule has 0 radical (unpaired) electrons. The minimum Gasteiger partial charge on any atom is -0.343 e. The number of nitrogens with one attached hydrogen (secondary N) is 1. The summed E-state index contributed by atoms with van der Waals surface area (Å²) in [5.74, 6) is -0.220. The van der Waals surface area contributed by atoms with Gasteiger partial charge in [0.15, 0.2) is 0 Å². The number of nitrogens with zero attached hydrogens (tertiary/aromatic N) is 1. The van der Waals surface area contributed by atoms with Crippen LogP contribution >= 0.6 is 0 Å². The average Bonchev–Trinajstić information content (AvgIpc) is 2.29. The van der Waals surface area contributed by atoms with Crippen molar-refractivity contribution < 1.29 is 4.79 Å². The van der Waals surface area contributed by atoms with Gasteiger partial charge in [0.2, 0.25) is 0 Å². The molecule has 0 aromatic heterocycles. The molecule has 1 unspecified atom stereocenters. The summed E-state index contributed by atoms with van der Waals surface area (Å²) < 4.78 is 0. The maximum Gasteiger partial charge on any atom is 0.300 e. The van der Waals surface area contributed by atoms with Crippen LogP contribution < -0.4 is 5.32 Å². The lowest BCUT2D eigenvalue weighted by atomic mass is 10.1. The van der Waals surface area contributed by atoms with Crippen LogP contribution in [0.25, 0.3) is 4.85 Å². The number of carbonyl (C=O) groups excluding carboxylic acids is 1. The minimum absolute atomic E-state index is 0.0415. The molecule has 84 valence electrons. The van der Waals surface area contributed by atoms with E-state index < -0.39 is 0 Å². The van der Waals surface area contributed by atoms with Crippen LogP contribution in [0, 0.1) is 6.57 Å². The summed E-state index contributed by atoms with van der Waals surface area (Å²) in [6.07, 6.45) is 1.01. The molecule has 3 nitrogen and oxygen atoms in total. The predicted molar refractivity (Wildman–Crippen MR) is 63.8 cm³/mol. The summed E-state index contributed by atoms with van der Waals surface area (Å²) in [6, 6.07) is 8.11. The number of aryl methyl sites for hydroxylation is 1. The zero-order valence-electron chi connectivity index (χ0n) is 9.66. The third kappa shape index (κ3) is 3.39. The number of carbonyl (C=O) groups is 1. The molecule has 1 aromatic carbocycles. The number of amides is 1. The van der Waals surface area contributed by atoms with E-state index in [2.05, 4.69) is 29.2 Å². The van der Waals surface area contributed by atoms with Crippen LogP contribution in [0.3, 0.4) is 0 Å². The Balaban J connectivity index is 2.62. The number of rotatable bonds is 4. The molecule has 0 heterocycles. The molecule has 1 atom stereocenters. The molecule has 0 aliphatic rings. The Morgan fingerprint density at radius 1 is 1.44 bits per heavy atom. The molecule has 0 spiro atoms. The van der Waals surface area contributed by atoms with Crippen molar-refractivity contribution in [3.8, 4) is 0 Å². The monoisotopic (exact) mass is 216 g/mol. The maximum atomic E-state index is 11.2. The van der Waals surface area contributed by atoms with Crippen LogP contribution in [0.15, 0.2) is 24.3 Å². The fourth-order valence-corrected chi connectivity index (χ4v) is 1.48. The Morgan fingerprint density at radius 2 is 2.06 bits per heavy atom. The third-order valence-corrected chi connectivity index (χ3v) is 2.49. The Kier molecular flexibility index (Phi) is 4.53. The molecule has 0 saturated carbocycles. The fourth-order valence-electron chi connectivity index (χ4n) is 1.48. The van der Waals surface area contributed by atoms with Crippen molar-refractivity contribution in [1.29, 1.82) is 0 Å². The van der Waals surface area contributed by atoms with Gasteiger partial charge in [-0.05, 0) is 24.5 Å². The second kappa shape index (κ2) is 5.92. The van der Waals surface area contributed by atoms with Crippen molar-refractivity contribution in [2.24, 2.45) is 0 Å². The highest BCUT2D eigenvalue weighted by atomic mass is 16.1. The van der Waals surface area contributed by atoms with E-state index in [-0.39, 0.29) is 18.5 Å². The molecular formula is C13H16N2O. The predicted octanol–water partition coefficient (Wildman–Crippen LogP) is 2.35. The molecule has 1 N–H and O–H groups in total. The van der Waals surface area contributed by atoms with Gasteiger partial charge in [0.05, 0.1) is 6.04 Å². The maximum absolute atomic E-state index is 11.2. The summed E-state index contributed by atoms with van der Waals surface area (Å²) in [7, 11) is 0. The first-order chi connectivity index (χ1) is 7.67. The summed E-state index contributed by atoms with van der Waals surface area (Å²) in [5, 5.41) is 2.78. The van der Waals surface area contributed by atoms with Crippen LogP contribution in [-0.4, -0.2) is 12.5 Å². The van der Waals surface area contributed by atoms with Crippen molar-refractivity contribution in [3.63, 3.8) is 0 Å². The van der Waals surface area contributed by atoms with Crippen molar-refractivity contribution >= 4 is 5.91 Å². The molecule has 3 heteroatoms. The van der Waals surface area contributed by atoms with E-state index in [1.807, 2.05) is 19.1 Å². The van der Waals surface area contributed by atoms with Crippen LogP contribution in [0.1, 0.15) is 31.0 Å². The molecule has 0 fully saturated rings. The van der Waals surface area contributed by atoms with Gasteiger partial charge >= 0.3 is 5.91 Å². The Morgan fingerprint density at radius 3 is 2.56 bits per heavy atom. The molecule has 16 heavy (non-hydrogen) atoms. The van der Waals surface area contributed by atoms with Gasteiger partial charge in [0, 0.05) is 0 Å². The number of hydrogen-bond acceptors (Lipinski definition) is 1. The quantitative estimate of drug-likeness (QED) is 0.770. The van der Waals surface area contributed by atoms with Gasteiger partial charge in [-0.25, -0.2) is 6.57 Å². The van der Waals surface area contributed by atoms with Crippen LogP contribution in [-0.2, 0) is 11.2 Å². The number of hydrogen-bond donors (Lipinski definition) is 1. The summed E-state index contributed by atoms with van der Waals surface area (Å²) in [4.78, 5) is 14.3. The van der Waals surface area contributed by atoms with Gasteiger partial charge in [-0.3, -0.25) is 4.79 Å². The Hall–Kier alpha value is -1.82. The van der Waals surface area contributed by atoms with Gasteiger partial charge in [-0.15, -0.1) is 0 Å². The lowest BCUT2D eigenvalue weighted by Crippen LogP contribution is -2.28. The van der Waals surface area contributed by atoms with E-state index in [0.29, 0.717) is 0 Å². The van der Waals surface area contributed by atoms with Crippen molar-refractivity contribution in [2.75, 3.05) is 6.54 Å². The zero-order valence-corrected chi connectivity index (χ0v) is 9.66. The summed E-state index contributed by atoms with van der Waals surface area (Å²) in [5.41, 5.74) is 2.35. The fraction of sp³-hybridized carbons (Fsp3) is 0.385. The smallest absolute Gasteiger partial charge is 0.300 e. The Bertz CT molecular complexity index is 389. The first-order valence-corrected chi connectivity index (χ1v) is 5.38. The largest absolute Gasteiger partial charge is 0.343 e. The highest BCUT2D eigenvalue weighted by Crippen LogP contribution is 2.13. The average molecular weight is 216 g/mol. The highest BCUT2D eigenvalue weighted by Gasteiger charge is 2.10. The second-order valence-electron chi connectivity index (χ2n) is 3.70. The van der Waals surface area contributed by atoms with E-state index in [4.69, 9.17) is 6.57 Å². The van der Waals surface area contributed by atoms with Gasteiger partial charge in [-0.1, -0.05) is 31.2 Å². The molecule has 0 aliphatic heterocycles. The highest BCUT2D eigenvalue weighted by molar-refractivity contribution is 5.79. The summed E-state index contributed by atoms with van der Waals surface area (Å²) >= 11 is 0. The molecule has 0 bridgehead atoms. The molecule has 0 saturated heterocycles. The molecule has 1 amide bonds. The van der Waals surface area contributed by atoms with Crippen molar-refractivity contribution in [2.45, 2.75) is 26.3 Å². The van der Waals surface area contributed by atoms with Gasteiger partial charge in [0.1, 0.15) is 0 Å². The van der Waals surface area contributed by atoms with E-state index in [9.17, 15) is 4.79 Å². The van der Waals surface area contributed by atoms with Crippen molar-refractivity contribution in [1.82, 2.24) is 5.32 Å². The van der Waals surface area contributed by atoms with Crippen molar-refractivity contribution in [3.05, 3.63) is 46.8 Å². The molecular weight excluding hydrogens is 200 g/mol. The Labute approximate surface area is 96.3 Å². The van der Waals surface area contributed by atoms with Crippen LogP contribution in [0.2, 0.25) is 0 Å². The standard InChI is InChI=1S/C13H16N2O/c1-4-11-5-7-12(8-6-11)10(2)15-13(16)9-14-3/h5-8,10H,4,9H2,1-2H3,(H,15,16).